The zero-order valence-electron chi connectivity index (χ0n) is 9.99. The molecule has 0 aliphatic rings. The lowest BCUT2D eigenvalue weighted by molar-refractivity contribution is 0.475. The van der Waals surface area contributed by atoms with Crippen LogP contribution in [0.5, 0.6) is 5.75 Å². The number of hydrogen-bond donors (Lipinski definition) is 1. The van der Waals surface area contributed by atoms with Gasteiger partial charge >= 0.3 is 0 Å². The Morgan fingerprint density at radius 1 is 1.26 bits per heavy atom. The van der Waals surface area contributed by atoms with Crippen LogP contribution in [0.4, 0.5) is 10.1 Å². The third kappa shape index (κ3) is 2.50. The molecule has 1 N–H and O–H groups in total. The number of rotatable bonds is 3. The molecule has 0 radical (unpaired) electrons. The lowest BCUT2D eigenvalue weighted by Gasteiger charge is -2.19. The van der Waals surface area contributed by atoms with E-state index in [9.17, 15) is 17.9 Å². The lowest BCUT2D eigenvalue weighted by Crippen LogP contribution is -2.28. The van der Waals surface area contributed by atoms with Crippen molar-refractivity contribution >= 4 is 15.7 Å². The van der Waals surface area contributed by atoms with Gasteiger partial charge in [-0.1, -0.05) is 6.07 Å². The molecule has 0 saturated heterocycles. The summed E-state index contributed by atoms with van der Waals surface area (Å²) in [5.41, 5.74) is 0.213. The topological polar surface area (TPSA) is 70.5 Å². The normalized spacial score (nSPS) is 11.3. The molecule has 0 fully saturated rings. The third-order valence-corrected chi connectivity index (χ3v) is 4.24. The highest BCUT2D eigenvalue weighted by Crippen LogP contribution is 2.24. The first-order chi connectivity index (χ1) is 8.93. The highest BCUT2D eigenvalue weighted by molar-refractivity contribution is 7.92. The van der Waals surface area contributed by atoms with Crippen LogP contribution in [0.3, 0.4) is 0 Å². The van der Waals surface area contributed by atoms with Crippen molar-refractivity contribution in [1.82, 2.24) is 4.98 Å². The Hall–Kier alpha value is -2.15. The number of nitrogens with zero attached hydrogens (tertiary/aromatic N) is 2. The van der Waals surface area contributed by atoms with Crippen molar-refractivity contribution < 1.29 is 17.9 Å². The van der Waals surface area contributed by atoms with Crippen molar-refractivity contribution in [3.05, 3.63) is 48.4 Å². The first-order valence-corrected chi connectivity index (χ1v) is 6.75. The van der Waals surface area contributed by atoms with Crippen molar-refractivity contribution in [2.45, 2.75) is 5.03 Å². The second-order valence-corrected chi connectivity index (χ2v) is 5.67. The Bertz CT molecular complexity index is 704. The molecular formula is C12H11FN2O3S. The van der Waals surface area contributed by atoms with Crippen LogP contribution in [0.15, 0.2) is 47.6 Å². The summed E-state index contributed by atoms with van der Waals surface area (Å²) in [5, 5.41) is 8.69. The highest BCUT2D eigenvalue weighted by atomic mass is 32.2. The second kappa shape index (κ2) is 4.85. The molecule has 0 aliphatic heterocycles. The third-order valence-electron chi connectivity index (χ3n) is 2.52. The largest absolute Gasteiger partial charge is 0.508 e. The van der Waals surface area contributed by atoms with Gasteiger partial charge in [-0.05, 0) is 24.3 Å². The summed E-state index contributed by atoms with van der Waals surface area (Å²) in [4.78, 5) is 3.55. The number of aromatic hydroxyl groups is 1. The molecule has 19 heavy (non-hydrogen) atoms. The number of sulfonamides is 1. The minimum atomic E-state index is -4.10. The van der Waals surface area contributed by atoms with Gasteiger partial charge in [0.2, 0.25) is 5.03 Å². The van der Waals surface area contributed by atoms with E-state index in [0.717, 1.165) is 10.4 Å². The van der Waals surface area contributed by atoms with Gasteiger partial charge in [0.15, 0.2) is 5.82 Å². The van der Waals surface area contributed by atoms with E-state index in [4.69, 9.17) is 0 Å². The van der Waals surface area contributed by atoms with E-state index in [1.165, 1.54) is 43.6 Å². The smallest absolute Gasteiger partial charge is 0.284 e. The summed E-state index contributed by atoms with van der Waals surface area (Å²) in [5.74, 6) is -1.00. The first kappa shape index (κ1) is 13.3. The second-order valence-electron chi connectivity index (χ2n) is 3.78. The van der Waals surface area contributed by atoms with Crippen LogP contribution in [0.25, 0.3) is 0 Å². The van der Waals surface area contributed by atoms with Crippen molar-refractivity contribution in [3.63, 3.8) is 0 Å². The van der Waals surface area contributed by atoms with Crippen LogP contribution in [-0.4, -0.2) is 25.6 Å². The van der Waals surface area contributed by atoms with Crippen molar-refractivity contribution in [1.29, 1.82) is 0 Å². The predicted molar refractivity (Wildman–Crippen MR) is 67.9 cm³/mol. The number of phenols is 1. The number of hydrogen-bond acceptors (Lipinski definition) is 4. The summed E-state index contributed by atoms with van der Waals surface area (Å²) < 4.78 is 38.8. The number of halogens is 1. The molecule has 1 aromatic carbocycles. The fraction of sp³-hybridized carbons (Fsp3) is 0.0833. The van der Waals surface area contributed by atoms with E-state index in [0.29, 0.717) is 0 Å². The molecule has 0 amide bonds. The van der Waals surface area contributed by atoms with E-state index in [2.05, 4.69) is 4.98 Å². The molecule has 0 unspecified atom stereocenters. The van der Waals surface area contributed by atoms with Gasteiger partial charge in [-0.15, -0.1) is 0 Å². The monoisotopic (exact) mass is 282 g/mol. The molecular weight excluding hydrogens is 271 g/mol. The number of benzene rings is 1. The Balaban J connectivity index is 2.49. The van der Waals surface area contributed by atoms with Gasteiger partial charge in [-0.25, -0.2) is 9.37 Å². The molecule has 0 saturated carbocycles. The van der Waals surface area contributed by atoms with Gasteiger partial charge in [0, 0.05) is 19.3 Å². The molecule has 1 heterocycles. The number of pyridine rings is 1. The van der Waals surface area contributed by atoms with Gasteiger partial charge < -0.3 is 5.11 Å². The lowest BCUT2D eigenvalue weighted by atomic mass is 10.3. The van der Waals surface area contributed by atoms with E-state index >= 15 is 0 Å². The average Bonchev–Trinajstić information content (AvgIpc) is 2.38. The van der Waals surface area contributed by atoms with E-state index in [1.807, 2.05) is 0 Å². The Kier molecular flexibility index (Phi) is 3.39. The van der Waals surface area contributed by atoms with E-state index in [-0.39, 0.29) is 11.4 Å². The van der Waals surface area contributed by atoms with Crippen molar-refractivity contribution in [2.24, 2.45) is 0 Å². The molecule has 0 aliphatic carbocycles. The maximum absolute atomic E-state index is 13.5. The van der Waals surface area contributed by atoms with Gasteiger partial charge in [0.05, 0.1) is 5.69 Å². The molecule has 0 atom stereocenters. The fourth-order valence-corrected chi connectivity index (χ4v) is 2.68. The van der Waals surface area contributed by atoms with Gasteiger partial charge in [0.25, 0.3) is 10.0 Å². The number of aromatic nitrogens is 1. The Morgan fingerprint density at radius 2 is 2.00 bits per heavy atom. The Labute approximate surface area is 110 Å². The molecule has 2 aromatic rings. The molecule has 100 valence electrons. The summed E-state index contributed by atoms with van der Waals surface area (Å²) in [6.07, 6.45) is 1.20. The van der Waals surface area contributed by atoms with Crippen molar-refractivity contribution in [3.8, 4) is 5.75 Å². The number of anilines is 1. The standard InChI is InChI=1S/C12H11FN2O3S/c1-15(9-4-2-5-10(16)8-9)19(17,18)12-11(13)6-3-7-14-12/h2-8,16H,1H3. The summed E-state index contributed by atoms with van der Waals surface area (Å²) in [6, 6.07) is 7.98. The van der Waals surface area contributed by atoms with Crippen LogP contribution >= 0.6 is 0 Å². The summed E-state index contributed by atoms with van der Waals surface area (Å²) in [7, 11) is -2.84. The first-order valence-electron chi connectivity index (χ1n) is 5.31. The minimum Gasteiger partial charge on any atom is -0.508 e. The molecule has 0 spiro atoms. The summed E-state index contributed by atoms with van der Waals surface area (Å²) in [6.45, 7) is 0. The molecule has 0 bridgehead atoms. The van der Waals surface area contributed by atoms with Crippen LogP contribution in [0, 0.1) is 5.82 Å². The molecule has 1 aromatic heterocycles. The average molecular weight is 282 g/mol. The fourth-order valence-electron chi connectivity index (χ4n) is 1.52. The zero-order chi connectivity index (χ0) is 14.0. The zero-order valence-corrected chi connectivity index (χ0v) is 10.8. The van der Waals surface area contributed by atoms with Crippen LogP contribution in [0.1, 0.15) is 0 Å². The molecule has 5 nitrogen and oxygen atoms in total. The van der Waals surface area contributed by atoms with Crippen LogP contribution in [-0.2, 0) is 10.0 Å². The SMILES string of the molecule is CN(c1cccc(O)c1)S(=O)(=O)c1ncccc1F. The summed E-state index contributed by atoms with van der Waals surface area (Å²) >= 11 is 0. The van der Waals surface area contributed by atoms with Gasteiger partial charge in [0.1, 0.15) is 5.75 Å². The quantitative estimate of drug-likeness (QED) is 0.931. The van der Waals surface area contributed by atoms with E-state index in [1.54, 1.807) is 0 Å². The maximum atomic E-state index is 13.5. The van der Waals surface area contributed by atoms with Crippen LogP contribution < -0.4 is 4.31 Å². The predicted octanol–water partition coefficient (Wildman–Crippen LogP) is 1.75. The highest BCUT2D eigenvalue weighted by Gasteiger charge is 2.26. The van der Waals surface area contributed by atoms with E-state index < -0.39 is 20.9 Å². The minimum absolute atomic E-state index is 0.0824. The van der Waals surface area contributed by atoms with Gasteiger partial charge in [-0.3, -0.25) is 4.31 Å². The Morgan fingerprint density at radius 3 is 2.63 bits per heavy atom. The van der Waals surface area contributed by atoms with Crippen LogP contribution in [0.2, 0.25) is 0 Å². The van der Waals surface area contributed by atoms with Gasteiger partial charge in [-0.2, -0.15) is 8.42 Å². The van der Waals surface area contributed by atoms with Crippen molar-refractivity contribution in [2.75, 3.05) is 11.4 Å². The molecule has 2 rings (SSSR count). The molecule has 7 heteroatoms. The number of phenolic OH excluding ortho intramolecular Hbond substituents is 1. The maximum Gasteiger partial charge on any atom is 0.284 e.